The molecule has 3 rings (SSSR count). The fraction of sp³-hybridized carbons (Fsp3) is 0.375. The molecule has 0 radical (unpaired) electrons. The molecule has 2 aromatic rings. The van der Waals surface area contributed by atoms with E-state index in [1.54, 1.807) is 12.4 Å². The van der Waals surface area contributed by atoms with Crippen LogP contribution in [0.4, 0.5) is 0 Å². The van der Waals surface area contributed by atoms with Crippen LogP contribution in [-0.2, 0) is 9.53 Å². The van der Waals surface area contributed by atoms with Crippen LogP contribution in [0.2, 0.25) is 0 Å². The minimum atomic E-state index is -0.548. The maximum atomic E-state index is 11.8. The van der Waals surface area contributed by atoms with Gasteiger partial charge < -0.3 is 10.5 Å². The van der Waals surface area contributed by atoms with Crippen LogP contribution >= 0.6 is 0 Å². The van der Waals surface area contributed by atoms with Crippen molar-refractivity contribution in [1.82, 2.24) is 10.3 Å². The van der Waals surface area contributed by atoms with Crippen molar-refractivity contribution < 1.29 is 9.53 Å². The molecule has 0 saturated carbocycles. The highest BCUT2D eigenvalue weighted by molar-refractivity contribution is 5.91. The number of nitrogens with two attached hydrogens (primary N) is 1. The van der Waals surface area contributed by atoms with Gasteiger partial charge in [-0.05, 0) is 18.2 Å². The normalized spacial score (nSPS) is 19.7. The number of benzene rings is 1. The summed E-state index contributed by atoms with van der Waals surface area (Å²) in [5, 5.41) is 5.23. The lowest BCUT2D eigenvalue weighted by atomic mass is 10.0. The van der Waals surface area contributed by atoms with Crippen molar-refractivity contribution in [3.05, 3.63) is 42.2 Å². The fourth-order valence-corrected chi connectivity index (χ4v) is 2.79. The summed E-state index contributed by atoms with van der Waals surface area (Å²) in [5.74, 6) is -0.397. The van der Waals surface area contributed by atoms with Gasteiger partial charge in [-0.15, -0.1) is 0 Å². The highest BCUT2D eigenvalue weighted by Gasteiger charge is 2.23. The van der Waals surface area contributed by atoms with E-state index in [-0.39, 0.29) is 6.10 Å². The largest absolute Gasteiger partial charge is 0.377 e. The Hall–Kier alpha value is -1.98. The van der Waals surface area contributed by atoms with Crippen molar-refractivity contribution in [3.8, 4) is 0 Å². The molecule has 1 amide bonds. The molecule has 5 nitrogen and oxygen atoms in total. The Morgan fingerprint density at radius 2 is 2.29 bits per heavy atom. The van der Waals surface area contributed by atoms with Crippen LogP contribution in [0.5, 0.6) is 0 Å². The topological polar surface area (TPSA) is 77.2 Å². The first-order valence-electron chi connectivity index (χ1n) is 7.22. The van der Waals surface area contributed by atoms with E-state index in [9.17, 15) is 4.79 Å². The Bertz CT molecular complexity index is 633. The Balaban J connectivity index is 1.86. The molecule has 1 aliphatic heterocycles. The van der Waals surface area contributed by atoms with Crippen LogP contribution in [-0.4, -0.2) is 30.1 Å². The van der Waals surface area contributed by atoms with Gasteiger partial charge in [0, 0.05) is 36.5 Å². The van der Waals surface area contributed by atoms with E-state index >= 15 is 0 Å². The maximum absolute atomic E-state index is 11.8. The first-order chi connectivity index (χ1) is 10.3. The predicted molar refractivity (Wildman–Crippen MR) is 80.7 cm³/mol. The van der Waals surface area contributed by atoms with E-state index in [0.717, 1.165) is 35.8 Å². The maximum Gasteiger partial charge on any atom is 0.239 e. The number of nitrogens with one attached hydrogen (secondary N) is 1. The van der Waals surface area contributed by atoms with Gasteiger partial charge in [-0.3, -0.25) is 15.1 Å². The van der Waals surface area contributed by atoms with E-state index in [4.69, 9.17) is 10.5 Å². The molecule has 1 saturated heterocycles. The van der Waals surface area contributed by atoms with Gasteiger partial charge in [-0.25, -0.2) is 0 Å². The predicted octanol–water partition coefficient (Wildman–Crippen LogP) is 1.53. The molecular weight excluding hydrogens is 266 g/mol. The summed E-state index contributed by atoms with van der Waals surface area (Å²) in [5.41, 5.74) is 6.39. The van der Waals surface area contributed by atoms with Crippen LogP contribution in [0.1, 0.15) is 24.4 Å². The van der Waals surface area contributed by atoms with E-state index < -0.39 is 11.9 Å². The van der Waals surface area contributed by atoms with Crippen molar-refractivity contribution in [3.63, 3.8) is 0 Å². The third-order valence-electron chi connectivity index (χ3n) is 3.87. The first-order valence-corrected chi connectivity index (χ1v) is 7.22. The van der Waals surface area contributed by atoms with E-state index in [1.807, 2.05) is 24.3 Å². The molecule has 1 fully saturated rings. The van der Waals surface area contributed by atoms with Gasteiger partial charge in [-0.2, -0.15) is 0 Å². The van der Waals surface area contributed by atoms with Crippen molar-refractivity contribution in [2.24, 2.45) is 5.73 Å². The van der Waals surface area contributed by atoms with Crippen molar-refractivity contribution in [2.75, 3.05) is 13.2 Å². The molecule has 0 bridgehead atoms. The van der Waals surface area contributed by atoms with Gasteiger partial charge >= 0.3 is 0 Å². The second-order valence-corrected chi connectivity index (χ2v) is 5.33. The zero-order valence-electron chi connectivity index (χ0n) is 11.8. The van der Waals surface area contributed by atoms with Gasteiger partial charge in [0.05, 0.1) is 6.10 Å². The smallest absolute Gasteiger partial charge is 0.239 e. The summed E-state index contributed by atoms with van der Waals surface area (Å²) in [6.45, 7) is 1.42. The molecule has 0 spiro atoms. The lowest BCUT2D eigenvalue weighted by Crippen LogP contribution is -2.38. The number of hydrogen-bond donors (Lipinski definition) is 2. The van der Waals surface area contributed by atoms with Crippen LogP contribution in [0.15, 0.2) is 36.7 Å². The van der Waals surface area contributed by atoms with Gasteiger partial charge in [0.1, 0.15) is 6.04 Å². The second-order valence-electron chi connectivity index (χ2n) is 5.33. The van der Waals surface area contributed by atoms with Crippen molar-refractivity contribution >= 4 is 16.7 Å². The summed E-state index contributed by atoms with van der Waals surface area (Å²) < 4.78 is 5.58. The number of fused-ring (bicyclic) bond motifs is 1. The Morgan fingerprint density at radius 3 is 3.05 bits per heavy atom. The number of nitrogens with zero attached hydrogens (tertiary/aromatic N) is 1. The minimum absolute atomic E-state index is 0.162. The van der Waals surface area contributed by atoms with Gasteiger partial charge in [0.2, 0.25) is 5.91 Å². The van der Waals surface area contributed by atoms with E-state index in [2.05, 4.69) is 10.3 Å². The zero-order valence-corrected chi connectivity index (χ0v) is 11.8. The monoisotopic (exact) mass is 285 g/mol. The number of carbonyl (C=O) groups excluding carboxylic acids is 1. The molecule has 1 aromatic carbocycles. The number of carbonyl (C=O) groups is 1. The van der Waals surface area contributed by atoms with Crippen molar-refractivity contribution in [2.45, 2.75) is 25.0 Å². The number of rotatable bonds is 5. The SMILES string of the molecule is NC(=O)C(NCC1CCCO1)c1cncc2ccccc12. The molecule has 2 atom stereocenters. The molecular formula is C16H19N3O2. The Kier molecular flexibility index (Phi) is 4.13. The number of ether oxygens (including phenoxy) is 1. The lowest BCUT2D eigenvalue weighted by molar-refractivity contribution is -0.120. The highest BCUT2D eigenvalue weighted by atomic mass is 16.5. The molecule has 0 aliphatic carbocycles. The highest BCUT2D eigenvalue weighted by Crippen LogP contribution is 2.23. The quantitative estimate of drug-likeness (QED) is 0.873. The number of amides is 1. The van der Waals surface area contributed by atoms with E-state index in [1.165, 1.54) is 0 Å². The third kappa shape index (κ3) is 3.04. The van der Waals surface area contributed by atoms with Gasteiger partial charge in [0.25, 0.3) is 0 Å². The summed E-state index contributed by atoms with van der Waals surface area (Å²) >= 11 is 0. The Labute approximate surface area is 123 Å². The zero-order chi connectivity index (χ0) is 14.7. The van der Waals surface area contributed by atoms with E-state index in [0.29, 0.717) is 6.54 Å². The van der Waals surface area contributed by atoms with Crippen molar-refractivity contribution in [1.29, 1.82) is 0 Å². The second kappa shape index (κ2) is 6.20. The first kappa shape index (κ1) is 14.0. The van der Waals surface area contributed by atoms with Crippen LogP contribution in [0.25, 0.3) is 10.8 Å². The third-order valence-corrected chi connectivity index (χ3v) is 3.87. The Morgan fingerprint density at radius 1 is 1.43 bits per heavy atom. The van der Waals surface area contributed by atoms with Gasteiger partial charge in [-0.1, -0.05) is 24.3 Å². The summed E-state index contributed by atoms with van der Waals surface area (Å²) in [7, 11) is 0. The average molecular weight is 285 g/mol. The minimum Gasteiger partial charge on any atom is -0.377 e. The van der Waals surface area contributed by atoms with Gasteiger partial charge in [0.15, 0.2) is 0 Å². The summed E-state index contributed by atoms with van der Waals surface area (Å²) in [4.78, 5) is 16.1. The number of hydrogen-bond acceptors (Lipinski definition) is 4. The molecule has 1 aromatic heterocycles. The molecule has 5 heteroatoms. The standard InChI is InChI=1S/C16H19N3O2/c17-16(20)15(19-9-12-5-3-7-21-12)14-10-18-8-11-4-1-2-6-13(11)14/h1-2,4,6,8,10,12,15,19H,3,5,7,9H2,(H2,17,20). The molecule has 110 valence electrons. The van der Waals surface area contributed by atoms with Crippen LogP contribution in [0.3, 0.4) is 0 Å². The fourth-order valence-electron chi connectivity index (χ4n) is 2.79. The molecule has 2 heterocycles. The molecule has 2 unspecified atom stereocenters. The van der Waals surface area contributed by atoms with Crippen LogP contribution < -0.4 is 11.1 Å². The number of aromatic nitrogens is 1. The lowest BCUT2D eigenvalue weighted by Gasteiger charge is -2.19. The number of primary amides is 1. The molecule has 1 aliphatic rings. The molecule has 21 heavy (non-hydrogen) atoms. The molecule has 3 N–H and O–H groups in total. The number of pyridine rings is 1. The summed E-state index contributed by atoms with van der Waals surface area (Å²) in [6, 6.07) is 7.31. The average Bonchev–Trinajstić information content (AvgIpc) is 3.01. The van der Waals surface area contributed by atoms with Crippen LogP contribution in [0, 0.1) is 0 Å². The summed E-state index contributed by atoms with van der Waals surface area (Å²) in [6.07, 6.45) is 5.75.